The van der Waals surface area contributed by atoms with Gasteiger partial charge >= 0.3 is 0 Å². The molecule has 1 N–H and O–H groups in total. The van der Waals surface area contributed by atoms with Crippen LogP contribution in [-0.2, 0) is 0 Å². The lowest BCUT2D eigenvalue weighted by Crippen LogP contribution is -2.19. The van der Waals surface area contributed by atoms with E-state index in [0.717, 1.165) is 18.4 Å². The fourth-order valence-electron chi connectivity index (χ4n) is 1.93. The van der Waals surface area contributed by atoms with Gasteiger partial charge in [0, 0.05) is 6.04 Å². The first-order valence-electron chi connectivity index (χ1n) is 5.45. The van der Waals surface area contributed by atoms with Crippen molar-refractivity contribution in [1.29, 1.82) is 0 Å². The van der Waals surface area contributed by atoms with Gasteiger partial charge in [0.15, 0.2) is 0 Å². The normalized spacial score (nSPS) is 20.3. The van der Waals surface area contributed by atoms with Gasteiger partial charge in [0.05, 0.1) is 5.69 Å². The van der Waals surface area contributed by atoms with Crippen molar-refractivity contribution in [3.63, 3.8) is 0 Å². The molecule has 0 bridgehead atoms. The van der Waals surface area contributed by atoms with Crippen molar-refractivity contribution in [3.8, 4) is 0 Å². The minimum absolute atomic E-state index is 0.158. The van der Waals surface area contributed by atoms with E-state index in [-0.39, 0.29) is 11.9 Å². The Bertz CT molecular complexity index is 351. The van der Waals surface area contributed by atoms with Crippen LogP contribution in [0.5, 0.6) is 0 Å². The first-order chi connectivity index (χ1) is 7.27. The monoisotopic (exact) mass is 205 g/mol. The van der Waals surface area contributed by atoms with Gasteiger partial charge in [-0.05, 0) is 37.8 Å². The van der Waals surface area contributed by atoms with Gasteiger partial charge < -0.3 is 5.32 Å². The van der Waals surface area contributed by atoms with E-state index in [4.69, 9.17) is 0 Å². The Balaban J connectivity index is 2.16. The highest BCUT2D eigenvalue weighted by Crippen LogP contribution is 2.22. The van der Waals surface area contributed by atoms with Crippen molar-refractivity contribution >= 4 is 5.69 Å². The van der Waals surface area contributed by atoms with Crippen molar-refractivity contribution in [1.82, 2.24) is 0 Å². The maximum atomic E-state index is 13.5. The molecule has 0 spiro atoms. The molecule has 0 radical (unpaired) electrons. The Morgan fingerprint density at radius 1 is 1.40 bits per heavy atom. The molecule has 0 amide bonds. The summed E-state index contributed by atoms with van der Waals surface area (Å²) in [6, 6.07) is 5.46. The van der Waals surface area contributed by atoms with Crippen LogP contribution in [0.1, 0.15) is 24.8 Å². The summed E-state index contributed by atoms with van der Waals surface area (Å²) < 4.78 is 13.5. The molecule has 0 saturated heterocycles. The molecule has 1 unspecified atom stereocenters. The van der Waals surface area contributed by atoms with E-state index in [2.05, 4.69) is 17.5 Å². The molecule has 0 aliphatic heterocycles. The zero-order chi connectivity index (χ0) is 10.7. The maximum Gasteiger partial charge on any atom is 0.146 e. The van der Waals surface area contributed by atoms with E-state index in [0.29, 0.717) is 5.69 Å². The Morgan fingerprint density at radius 2 is 2.27 bits per heavy atom. The summed E-state index contributed by atoms with van der Waals surface area (Å²) in [7, 11) is 0. The topological polar surface area (TPSA) is 12.0 Å². The number of aryl methyl sites for hydroxylation is 1. The standard InChI is InChI=1S/C13H16FN/c1-10-6-5-9-12(14)13(10)15-11-7-3-2-4-8-11/h3,5-7,9,11,15H,2,4,8H2,1H3. The molecule has 80 valence electrons. The number of allylic oxidation sites excluding steroid dienone is 1. The third-order valence-electron chi connectivity index (χ3n) is 2.81. The summed E-state index contributed by atoms with van der Waals surface area (Å²) in [6.07, 6.45) is 7.72. The van der Waals surface area contributed by atoms with Crippen LogP contribution in [0.3, 0.4) is 0 Å². The van der Waals surface area contributed by atoms with Gasteiger partial charge in [-0.15, -0.1) is 0 Å². The molecule has 0 fully saturated rings. The van der Waals surface area contributed by atoms with Crippen molar-refractivity contribution in [2.24, 2.45) is 0 Å². The first kappa shape index (κ1) is 10.2. The summed E-state index contributed by atoms with van der Waals surface area (Å²) in [5.74, 6) is -0.158. The molecule has 1 aliphatic rings. The molecule has 1 atom stereocenters. The van der Waals surface area contributed by atoms with Gasteiger partial charge in [-0.25, -0.2) is 4.39 Å². The van der Waals surface area contributed by atoms with E-state index in [1.165, 1.54) is 12.5 Å². The van der Waals surface area contributed by atoms with E-state index in [1.54, 1.807) is 6.07 Å². The number of para-hydroxylation sites is 1. The summed E-state index contributed by atoms with van der Waals surface area (Å²) in [5.41, 5.74) is 1.61. The van der Waals surface area contributed by atoms with Crippen LogP contribution in [0.15, 0.2) is 30.4 Å². The van der Waals surface area contributed by atoms with Gasteiger partial charge in [0.1, 0.15) is 5.82 Å². The van der Waals surface area contributed by atoms with Crippen LogP contribution >= 0.6 is 0 Å². The second-order valence-corrected chi connectivity index (χ2v) is 4.04. The largest absolute Gasteiger partial charge is 0.376 e. The van der Waals surface area contributed by atoms with E-state index in [1.807, 2.05) is 13.0 Å². The number of hydrogen-bond donors (Lipinski definition) is 1. The predicted molar refractivity (Wildman–Crippen MR) is 61.5 cm³/mol. The molecule has 1 aliphatic carbocycles. The molecule has 1 aromatic rings. The molecule has 1 aromatic carbocycles. The maximum absolute atomic E-state index is 13.5. The summed E-state index contributed by atoms with van der Waals surface area (Å²) in [5, 5.41) is 3.26. The highest BCUT2D eigenvalue weighted by atomic mass is 19.1. The van der Waals surface area contributed by atoms with Crippen LogP contribution in [0.2, 0.25) is 0 Å². The van der Waals surface area contributed by atoms with Gasteiger partial charge in [0.2, 0.25) is 0 Å². The molecule has 2 heteroatoms. The lowest BCUT2D eigenvalue weighted by Gasteiger charge is -2.20. The minimum Gasteiger partial charge on any atom is -0.376 e. The Morgan fingerprint density at radius 3 is 2.93 bits per heavy atom. The molecule has 0 heterocycles. The molecule has 0 aromatic heterocycles. The second-order valence-electron chi connectivity index (χ2n) is 4.04. The van der Waals surface area contributed by atoms with E-state index < -0.39 is 0 Å². The molecule has 2 rings (SSSR count). The van der Waals surface area contributed by atoms with Crippen molar-refractivity contribution in [3.05, 3.63) is 41.7 Å². The fourth-order valence-corrected chi connectivity index (χ4v) is 1.93. The summed E-state index contributed by atoms with van der Waals surface area (Å²) >= 11 is 0. The first-order valence-corrected chi connectivity index (χ1v) is 5.45. The summed E-state index contributed by atoms with van der Waals surface area (Å²) in [4.78, 5) is 0. The Kier molecular flexibility index (Phi) is 3.05. The lowest BCUT2D eigenvalue weighted by atomic mass is 10.0. The highest BCUT2D eigenvalue weighted by Gasteiger charge is 2.11. The van der Waals surface area contributed by atoms with E-state index >= 15 is 0 Å². The SMILES string of the molecule is Cc1cccc(F)c1NC1C=CCCC1. The summed E-state index contributed by atoms with van der Waals surface area (Å²) in [6.45, 7) is 1.93. The number of hydrogen-bond acceptors (Lipinski definition) is 1. The molecule has 1 nitrogen and oxygen atoms in total. The third kappa shape index (κ3) is 2.38. The zero-order valence-electron chi connectivity index (χ0n) is 8.96. The zero-order valence-corrected chi connectivity index (χ0v) is 8.96. The second kappa shape index (κ2) is 4.47. The van der Waals surface area contributed by atoms with Crippen LogP contribution in [0, 0.1) is 12.7 Å². The average molecular weight is 205 g/mol. The van der Waals surface area contributed by atoms with Gasteiger partial charge in [-0.2, -0.15) is 0 Å². The minimum atomic E-state index is -0.158. The highest BCUT2D eigenvalue weighted by molar-refractivity contribution is 5.53. The number of anilines is 1. The molecular formula is C13H16FN. The van der Waals surface area contributed by atoms with Crippen LogP contribution in [-0.4, -0.2) is 6.04 Å². The number of halogens is 1. The van der Waals surface area contributed by atoms with Gasteiger partial charge in [-0.1, -0.05) is 24.3 Å². The molecule has 0 saturated carbocycles. The van der Waals surface area contributed by atoms with Gasteiger partial charge in [0.25, 0.3) is 0 Å². The number of nitrogens with one attached hydrogen (secondary N) is 1. The quantitative estimate of drug-likeness (QED) is 0.726. The smallest absolute Gasteiger partial charge is 0.146 e. The number of rotatable bonds is 2. The predicted octanol–water partition coefficient (Wildman–Crippen LogP) is 3.65. The Hall–Kier alpha value is -1.31. The molecular weight excluding hydrogens is 189 g/mol. The number of benzene rings is 1. The van der Waals surface area contributed by atoms with Crippen LogP contribution in [0.25, 0.3) is 0 Å². The molecule has 15 heavy (non-hydrogen) atoms. The average Bonchev–Trinajstić information content (AvgIpc) is 2.25. The van der Waals surface area contributed by atoms with Crippen molar-refractivity contribution in [2.75, 3.05) is 5.32 Å². The fraction of sp³-hybridized carbons (Fsp3) is 0.385. The van der Waals surface area contributed by atoms with Crippen molar-refractivity contribution in [2.45, 2.75) is 32.2 Å². The van der Waals surface area contributed by atoms with E-state index in [9.17, 15) is 4.39 Å². The lowest BCUT2D eigenvalue weighted by molar-refractivity contribution is 0.619. The van der Waals surface area contributed by atoms with Crippen LogP contribution in [0.4, 0.5) is 10.1 Å². The van der Waals surface area contributed by atoms with Crippen molar-refractivity contribution < 1.29 is 4.39 Å². The third-order valence-corrected chi connectivity index (χ3v) is 2.81. The van der Waals surface area contributed by atoms with Gasteiger partial charge in [-0.3, -0.25) is 0 Å². The Labute approximate surface area is 90.0 Å². The van der Waals surface area contributed by atoms with Crippen LogP contribution < -0.4 is 5.32 Å².